The van der Waals surface area contributed by atoms with Gasteiger partial charge in [-0.25, -0.2) is 0 Å². The molecule has 0 bridgehead atoms. The van der Waals surface area contributed by atoms with Crippen molar-refractivity contribution in [2.24, 2.45) is 5.92 Å². The molecule has 1 saturated heterocycles. The Morgan fingerprint density at radius 3 is 2.43 bits per heavy atom. The Bertz CT molecular complexity index is 505. The summed E-state index contributed by atoms with van der Waals surface area (Å²) < 4.78 is 6.33. The average molecular weight is 340 g/mol. The second-order valence-electron chi connectivity index (χ2n) is 8.90. The van der Waals surface area contributed by atoms with E-state index in [1.165, 1.54) is 0 Å². The number of rotatable bonds is 4. The third-order valence-corrected chi connectivity index (χ3v) is 10.5. The normalized spacial score (nSPS) is 26.3. The Morgan fingerprint density at radius 1 is 1.30 bits per heavy atom. The van der Waals surface area contributed by atoms with Crippen molar-refractivity contribution in [3.05, 3.63) is 11.3 Å². The molecule has 0 saturated carbocycles. The van der Waals surface area contributed by atoms with Gasteiger partial charge in [0.1, 0.15) is 0 Å². The van der Waals surface area contributed by atoms with E-state index >= 15 is 0 Å². The molecule has 0 radical (unpaired) electrons. The van der Waals surface area contributed by atoms with E-state index in [9.17, 15) is 9.90 Å². The summed E-state index contributed by atoms with van der Waals surface area (Å²) in [4.78, 5) is 14.5. The minimum atomic E-state index is -1.81. The number of aliphatic hydroxyl groups excluding tert-OH is 1. The van der Waals surface area contributed by atoms with Crippen LogP contribution in [0.2, 0.25) is 18.1 Å². The molecule has 23 heavy (non-hydrogen) atoms. The maximum absolute atomic E-state index is 12.6. The predicted octanol–water partition coefficient (Wildman–Crippen LogP) is 4.24. The second-order valence-corrected chi connectivity index (χ2v) is 13.7. The number of hydrogen-bond donors (Lipinski definition) is 1. The zero-order valence-electron chi connectivity index (χ0n) is 15.8. The zero-order valence-corrected chi connectivity index (χ0v) is 16.8. The van der Waals surface area contributed by atoms with Gasteiger partial charge < -0.3 is 14.4 Å². The lowest BCUT2D eigenvalue weighted by atomic mass is 9.90. The van der Waals surface area contributed by atoms with Gasteiger partial charge in [-0.15, -0.1) is 0 Å². The molecular formula is C18H33NO3Si. The van der Waals surface area contributed by atoms with Crippen molar-refractivity contribution in [1.29, 1.82) is 0 Å². The van der Waals surface area contributed by atoms with Crippen LogP contribution in [0.5, 0.6) is 0 Å². The third-order valence-electron chi connectivity index (χ3n) is 5.96. The molecule has 0 aromatic carbocycles. The highest BCUT2D eigenvalue weighted by Crippen LogP contribution is 2.40. The van der Waals surface area contributed by atoms with Crippen molar-refractivity contribution in [3.63, 3.8) is 0 Å². The monoisotopic (exact) mass is 339 g/mol. The van der Waals surface area contributed by atoms with Crippen LogP contribution in [0.15, 0.2) is 11.3 Å². The number of hydrogen-bond acceptors (Lipinski definition) is 3. The van der Waals surface area contributed by atoms with E-state index in [4.69, 9.17) is 4.43 Å². The number of aliphatic hydroxyl groups is 1. The molecule has 1 amide bonds. The first-order valence-corrected chi connectivity index (χ1v) is 11.7. The molecule has 4 nitrogen and oxygen atoms in total. The van der Waals surface area contributed by atoms with Gasteiger partial charge in [-0.3, -0.25) is 4.79 Å². The molecule has 5 heteroatoms. The first-order valence-electron chi connectivity index (χ1n) is 8.84. The van der Waals surface area contributed by atoms with E-state index in [-0.39, 0.29) is 34.7 Å². The van der Waals surface area contributed by atoms with E-state index in [1.807, 2.05) is 18.7 Å². The van der Waals surface area contributed by atoms with Crippen molar-refractivity contribution < 1.29 is 14.3 Å². The molecule has 2 atom stereocenters. The van der Waals surface area contributed by atoms with Gasteiger partial charge in [0, 0.05) is 6.04 Å². The molecule has 1 N–H and O–H groups in total. The molecule has 2 rings (SSSR count). The number of fused-ring (bicyclic) bond motifs is 1. The Balaban J connectivity index is 2.10. The smallest absolute Gasteiger partial charge is 0.289 e. The molecule has 1 unspecified atom stereocenters. The van der Waals surface area contributed by atoms with E-state index in [2.05, 4.69) is 33.9 Å². The first-order chi connectivity index (χ1) is 10.5. The van der Waals surface area contributed by atoms with Crippen LogP contribution < -0.4 is 0 Å². The first kappa shape index (κ1) is 18.5. The molecule has 2 heterocycles. The van der Waals surface area contributed by atoms with Gasteiger partial charge >= 0.3 is 0 Å². The Morgan fingerprint density at radius 2 is 1.91 bits per heavy atom. The van der Waals surface area contributed by atoms with Crippen LogP contribution in [0.25, 0.3) is 0 Å². The van der Waals surface area contributed by atoms with Crippen molar-refractivity contribution in [3.8, 4) is 0 Å². The van der Waals surface area contributed by atoms with Gasteiger partial charge in [-0.05, 0) is 48.9 Å². The van der Waals surface area contributed by atoms with Crippen molar-refractivity contribution >= 4 is 14.2 Å². The average Bonchev–Trinajstić information content (AvgIpc) is 2.82. The Labute approximate surface area is 142 Å². The Hall–Kier alpha value is -0.813. The summed E-state index contributed by atoms with van der Waals surface area (Å²) in [7, 11) is -1.81. The van der Waals surface area contributed by atoms with Crippen LogP contribution >= 0.6 is 0 Å². The van der Waals surface area contributed by atoms with Crippen LogP contribution in [0.3, 0.4) is 0 Å². The number of carbonyl (C=O) groups is 1. The van der Waals surface area contributed by atoms with Crippen LogP contribution in [0.4, 0.5) is 0 Å². The fraction of sp³-hybridized carbons (Fsp3) is 0.833. The molecule has 1 fully saturated rings. The maximum Gasteiger partial charge on any atom is 0.289 e. The lowest BCUT2D eigenvalue weighted by Gasteiger charge is -2.40. The van der Waals surface area contributed by atoms with Crippen molar-refractivity contribution in [2.75, 3.05) is 6.61 Å². The molecule has 132 valence electrons. The van der Waals surface area contributed by atoms with E-state index in [0.29, 0.717) is 6.61 Å². The van der Waals surface area contributed by atoms with Crippen LogP contribution in [-0.2, 0) is 9.22 Å². The SMILES string of the molecule is CC(C)C1=C(O)C(=O)N2C(CC[C@H]2CO[Si](C)(C)C(C)(C)C)C1. The fourth-order valence-corrected chi connectivity index (χ4v) is 4.34. The van der Waals surface area contributed by atoms with Crippen LogP contribution in [-0.4, -0.2) is 42.9 Å². The van der Waals surface area contributed by atoms with E-state index in [0.717, 1.165) is 24.8 Å². The van der Waals surface area contributed by atoms with E-state index < -0.39 is 8.32 Å². The van der Waals surface area contributed by atoms with Crippen molar-refractivity contribution in [2.45, 2.75) is 84.1 Å². The minimum Gasteiger partial charge on any atom is -0.503 e. The lowest BCUT2D eigenvalue weighted by Crippen LogP contribution is -2.50. The fourth-order valence-electron chi connectivity index (χ4n) is 3.30. The van der Waals surface area contributed by atoms with Gasteiger partial charge in [0.05, 0.1) is 12.6 Å². The molecule has 0 aromatic heterocycles. The number of nitrogens with zero attached hydrogens (tertiary/aromatic N) is 1. The predicted molar refractivity (Wildman–Crippen MR) is 95.9 cm³/mol. The summed E-state index contributed by atoms with van der Waals surface area (Å²) in [5.74, 6) is 0.0189. The molecular weight excluding hydrogens is 306 g/mol. The van der Waals surface area contributed by atoms with Gasteiger partial charge in [-0.1, -0.05) is 34.6 Å². The van der Waals surface area contributed by atoms with Gasteiger partial charge in [0.2, 0.25) is 0 Å². The van der Waals surface area contributed by atoms with E-state index in [1.54, 1.807) is 0 Å². The highest BCUT2D eigenvalue weighted by molar-refractivity contribution is 6.74. The quantitative estimate of drug-likeness (QED) is 0.779. The highest BCUT2D eigenvalue weighted by atomic mass is 28.4. The molecule has 2 aliphatic rings. The lowest BCUT2D eigenvalue weighted by molar-refractivity contribution is -0.134. The summed E-state index contributed by atoms with van der Waals surface area (Å²) in [6, 6.07) is 0.348. The molecule has 0 aromatic rings. The summed E-state index contributed by atoms with van der Waals surface area (Å²) >= 11 is 0. The minimum absolute atomic E-state index is 0.0181. The van der Waals surface area contributed by atoms with Crippen LogP contribution in [0, 0.1) is 5.92 Å². The van der Waals surface area contributed by atoms with Crippen LogP contribution in [0.1, 0.15) is 53.9 Å². The second kappa shape index (κ2) is 6.24. The largest absolute Gasteiger partial charge is 0.503 e. The topological polar surface area (TPSA) is 49.8 Å². The highest BCUT2D eigenvalue weighted by Gasteiger charge is 2.45. The summed E-state index contributed by atoms with van der Waals surface area (Å²) in [5.41, 5.74) is 0.919. The standard InChI is InChI=1S/C18H33NO3Si/c1-12(2)15-10-13-8-9-14(19(13)17(21)16(15)20)11-22-23(6,7)18(3,4)5/h12-14,20H,8-11H2,1-7H3/t13?,14-/m0/s1. The number of amides is 1. The molecule has 0 spiro atoms. The summed E-state index contributed by atoms with van der Waals surface area (Å²) in [5, 5.41) is 10.5. The number of carbonyl (C=O) groups excluding carboxylic acids is 1. The van der Waals surface area contributed by atoms with Gasteiger partial charge in [0.15, 0.2) is 14.1 Å². The summed E-state index contributed by atoms with van der Waals surface area (Å²) in [6.45, 7) is 15.9. The molecule has 0 aliphatic carbocycles. The Kier molecular flexibility index (Phi) is 5.03. The molecule has 2 aliphatic heterocycles. The third kappa shape index (κ3) is 3.50. The summed E-state index contributed by atoms with van der Waals surface area (Å²) in [6.07, 6.45) is 2.80. The van der Waals surface area contributed by atoms with Crippen molar-refractivity contribution in [1.82, 2.24) is 4.90 Å². The maximum atomic E-state index is 12.6. The van der Waals surface area contributed by atoms with Gasteiger partial charge in [-0.2, -0.15) is 0 Å². The zero-order chi connectivity index (χ0) is 17.6. The van der Waals surface area contributed by atoms with Gasteiger partial charge in [0.25, 0.3) is 5.91 Å².